The molecule has 1 rings (SSSR count). The van der Waals surface area contributed by atoms with E-state index in [9.17, 15) is 13.0 Å². The normalized spacial score (nSPS) is 9.85. The van der Waals surface area contributed by atoms with Gasteiger partial charge in [-0.3, -0.25) is 4.72 Å². The van der Waals surface area contributed by atoms with Crippen LogP contribution in [0.1, 0.15) is 5.69 Å². The number of nitrogens with one attached hydrogen (secondary N) is 2. The van der Waals surface area contributed by atoms with Crippen LogP contribution in [0, 0.1) is 11.3 Å². The molecule has 0 aliphatic carbocycles. The molecule has 13 heavy (non-hydrogen) atoms. The molecule has 1 heterocycles. The van der Waals surface area contributed by atoms with Crippen LogP contribution in [0.25, 0.3) is 0 Å². The number of aromatic nitrogens is 2. The zero-order chi connectivity index (χ0) is 9.19. The molecule has 0 bridgehead atoms. The number of nitriles is 1. The Morgan fingerprint density at radius 3 is 2.77 bits per heavy atom. The van der Waals surface area contributed by atoms with Gasteiger partial charge in [-0.25, -0.2) is 13.4 Å². The van der Waals surface area contributed by atoms with Crippen molar-refractivity contribution in [3.05, 3.63) is 12.0 Å². The van der Waals surface area contributed by atoms with Crippen LogP contribution in [0.3, 0.4) is 0 Å². The molecule has 0 radical (unpaired) electrons. The van der Waals surface area contributed by atoms with Crippen molar-refractivity contribution in [1.82, 2.24) is 9.97 Å². The Balaban J connectivity index is 0.00000144. The van der Waals surface area contributed by atoms with Gasteiger partial charge in [0.2, 0.25) is 0 Å². The molecule has 1 aromatic rings. The van der Waals surface area contributed by atoms with Crippen LogP contribution in [0.2, 0.25) is 0 Å². The molecule has 9 heteroatoms. The van der Waals surface area contributed by atoms with Crippen molar-refractivity contribution in [2.45, 2.75) is 0 Å². The Kier molecular flexibility index (Phi) is 4.38. The molecule has 0 aliphatic rings. The summed E-state index contributed by atoms with van der Waals surface area (Å²) in [5.74, 6) is -0.285. The topological polar surface area (TPSA) is 122 Å². The van der Waals surface area contributed by atoms with E-state index in [1.807, 2.05) is 0 Å². The molecule has 2 N–H and O–H groups in total. The summed E-state index contributed by atoms with van der Waals surface area (Å²) >= 11 is 0. The molecule has 1 aromatic heterocycles. The van der Waals surface area contributed by atoms with E-state index in [2.05, 4.69) is 9.97 Å². The number of hydrogen-bond acceptors (Lipinski definition) is 5. The Hall–Kier alpha value is -0.590. The fourth-order valence-corrected chi connectivity index (χ4v) is 0.967. The van der Waals surface area contributed by atoms with Crippen LogP contribution in [0.4, 0.5) is 5.82 Å². The minimum absolute atomic E-state index is 0. The van der Waals surface area contributed by atoms with Crippen LogP contribution < -0.4 is 34.3 Å². The molecule has 0 saturated carbocycles. The van der Waals surface area contributed by atoms with E-state index in [0.717, 1.165) is 6.33 Å². The van der Waals surface area contributed by atoms with Crippen LogP contribution in [0.5, 0.6) is 0 Å². The number of imidazole rings is 1. The van der Waals surface area contributed by atoms with Crippen molar-refractivity contribution in [3.63, 3.8) is 0 Å². The zero-order valence-corrected chi connectivity index (χ0v) is 9.42. The largest absolute Gasteiger partial charge is 1.00 e. The molecule has 0 aliphatic heterocycles. The number of aromatic amines is 1. The van der Waals surface area contributed by atoms with Crippen molar-refractivity contribution in [1.29, 1.82) is 5.26 Å². The predicted octanol–water partition coefficient (Wildman–Crippen LogP) is -3.84. The maximum Gasteiger partial charge on any atom is 1.00 e. The van der Waals surface area contributed by atoms with E-state index in [1.54, 1.807) is 6.07 Å². The maximum atomic E-state index is 10.1. The van der Waals surface area contributed by atoms with Gasteiger partial charge in [0.25, 0.3) is 0 Å². The monoisotopic (exact) mass is 210 g/mol. The molecule has 0 fully saturated rings. The zero-order valence-electron chi connectivity index (χ0n) is 6.60. The van der Waals surface area contributed by atoms with E-state index < -0.39 is 10.3 Å². The second-order valence-corrected chi connectivity index (χ2v) is 2.91. The molecular formula is C4H3N4NaO3S. The van der Waals surface area contributed by atoms with Gasteiger partial charge >= 0.3 is 29.6 Å². The van der Waals surface area contributed by atoms with Gasteiger partial charge in [0.05, 0.1) is 6.33 Å². The second-order valence-electron chi connectivity index (χ2n) is 1.79. The van der Waals surface area contributed by atoms with Gasteiger partial charge in [-0.2, -0.15) is 5.26 Å². The first-order chi connectivity index (χ1) is 5.53. The number of hydrogen-bond donors (Lipinski definition) is 2. The van der Waals surface area contributed by atoms with Gasteiger partial charge in [-0.05, 0) is 0 Å². The summed E-state index contributed by atoms with van der Waals surface area (Å²) in [6.07, 6.45) is 1.10. The van der Waals surface area contributed by atoms with E-state index in [0.29, 0.717) is 0 Å². The van der Waals surface area contributed by atoms with Crippen LogP contribution >= 0.6 is 0 Å². The summed E-state index contributed by atoms with van der Waals surface area (Å²) in [6.45, 7) is 0. The van der Waals surface area contributed by atoms with Gasteiger partial charge in [-0.15, -0.1) is 0 Å². The Morgan fingerprint density at radius 2 is 2.31 bits per heavy atom. The van der Waals surface area contributed by atoms with Crippen LogP contribution in [-0.2, 0) is 10.3 Å². The molecule has 64 valence electrons. The summed E-state index contributed by atoms with van der Waals surface area (Å²) in [5.41, 5.74) is -0.102. The van der Waals surface area contributed by atoms with Gasteiger partial charge in [-0.1, -0.05) is 0 Å². The first kappa shape index (κ1) is 12.4. The standard InChI is InChI=1S/C4H4N4O3S.Na/c5-1-3-4(7-2-6-3)8-12(9,10)11;/h2,8H,(H,6,7)(H,9,10,11);/q;+1/p-1. The molecular weight excluding hydrogens is 207 g/mol. The number of H-pyrrole nitrogens is 1. The number of nitrogens with zero attached hydrogens (tertiary/aromatic N) is 2. The van der Waals surface area contributed by atoms with E-state index in [-0.39, 0.29) is 41.1 Å². The first-order valence-electron chi connectivity index (χ1n) is 2.70. The van der Waals surface area contributed by atoms with Crippen molar-refractivity contribution in [2.75, 3.05) is 4.72 Å². The van der Waals surface area contributed by atoms with Gasteiger partial charge < -0.3 is 9.54 Å². The third-order valence-electron chi connectivity index (χ3n) is 0.973. The first-order valence-corrected chi connectivity index (χ1v) is 4.11. The van der Waals surface area contributed by atoms with E-state index in [1.165, 1.54) is 4.72 Å². The molecule has 0 aromatic carbocycles. The molecule has 0 unspecified atom stereocenters. The van der Waals surface area contributed by atoms with Gasteiger partial charge in [0.1, 0.15) is 6.07 Å². The molecule has 0 amide bonds. The number of anilines is 1. The fraction of sp³-hybridized carbons (Fsp3) is 0. The average Bonchev–Trinajstić information content (AvgIpc) is 2.31. The van der Waals surface area contributed by atoms with Gasteiger partial charge in [0, 0.05) is 0 Å². The number of rotatable bonds is 2. The predicted molar refractivity (Wildman–Crippen MR) is 36.6 cm³/mol. The minimum Gasteiger partial charge on any atom is -0.731 e. The average molecular weight is 210 g/mol. The van der Waals surface area contributed by atoms with Crippen molar-refractivity contribution >= 4 is 16.1 Å². The molecule has 0 saturated heterocycles. The Morgan fingerprint density at radius 1 is 1.69 bits per heavy atom. The summed E-state index contributed by atoms with van der Waals surface area (Å²) in [7, 11) is -4.61. The smallest absolute Gasteiger partial charge is 0.731 e. The fourth-order valence-electron chi connectivity index (χ4n) is 0.575. The van der Waals surface area contributed by atoms with Crippen LogP contribution in [0.15, 0.2) is 6.33 Å². The van der Waals surface area contributed by atoms with E-state index in [4.69, 9.17) is 5.26 Å². The van der Waals surface area contributed by atoms with Crippen molar-refractivity contribution in [2.24, 2.45) is 0 Å². The molecule has 0 atom stereocenters. The second kappa shape index (κ2) is 4.59. The maximum absolute atomic E-state index is 10.1. The minimum atomic E-state index is -4.61. The summed E-state index contributed by atoms with van der Waals surface area (Å²) in [5, 5.41) is 8.35. The third kappa shape index (κ3) is 3.75. The quantitative estimate of drug-likeness (QED) is 0.382. The van der Waals surface area contributed by atoms with Crippen molar-refractivity contribution < 1.29 is 42.5 Å². The Labute approximate surface area is 96.3 Å². The van der Waals surface area contributed by atoms with Crippen LogP contribution in [-0.4, -0.2) is 22.9 Å². The molecule has 7 nitrogen and oxygen atoms in total. The summed E-state index contributed by atoms with van der Waals surface area (Å²) in [4.78, 5) is 5.74. The summed E-state index contributed by atoms with van der Waals surface area (Å²) in [6, 6.07) is 1.61. The summed E-state index contributed by atoms with van der Waals surface area (Å²) < 4.78 is 31.9. The van der Waals surface area contributed by atoms with E-state index >= 15 is 0 Å². The van der Waals surface area contributed by atoms with Crippen molar-refractivity contribution in [3.8, 4) is 6.07 Å². The van der Waals surface area contributed by atoms with Gasteiger partial charge in [0.15, 0.2) is 21.8 Å². The Bertz CT molecular complexity index is 419. The third-order valence-corrected chi connectivity index (χ3v) is 1.42. The molecule has 0 spiro atoms. The SMILES string of the molecule is N#Cc1[nH]cnc1NS(=O)(=O)[O-].[Na+].